The fourth-order valence-electron chi connectivity index (χ4n) is 5.43. The molecule has 1 N–H and O–H groups in total. The number of piperazine rings is 1. The van der Waals surface area contributed by atoms with Crippen molar-refractivity contribution in [2.45, 2.75) is 43.8 Å². The van der Waals surface area contributed by atoms with Crippen molar-refractivity contribution in [3.63, 3.8) is 0 Å². The van der Waals surface area contributed by atoms with Crippen LogP contribution in [0.5, 0.6) is 0 Å². The van der Waals surface area contributed by atoms with Crippen LogP contribution in [0.2, 0.25) is 5.02 Å². The zero-order valence-electron chi connectivity index (χ0n) is 23.8. The van der Waals surface area contributed by atoms with Gasteiger partial charge in [-0.05, 0) is 36.4 Å². The van der Waals surface area contributed by atoms with Gasteiger partial charge in [0.1, 0.15) is 30.3 Å². The van der Waals surface area contributed by atoms with Crippen LogP contribution >= 0.6 is 11.6 Å². The highest BCUT2D eigenvalue weighted by Gasteiger charge is 2.49. The Morgan fingerprint density at radius 3 is 2.51 bits per heavy atom. The molecular formula is C31H26ClF3N6O4. The van der Waals surface area contributed by atoms with Crippen molar-refractivity contribution in [3.05, 3.63) is 88.8 Å². The first-order valence-corrected chi connectivity index (χ1v) is 14.2. The van der Waals surface area contributed by atoms with E-state index in [4.69, 9.17) is 11.6 Å². The molecule has 14 heteroatoms. The summed E-state index contributed by atoms with van der Waals surface area (Å²) in [5.74, 6) is -6.79. The van der Waals surface area contributed by atoms with E-state index in [1.807, 2.05) is 6.07 Å². The minimum atomic E-state index is -2.96. The number of aromatic nitrogens is 1. The van der Waals surface area contributed by atoms with Gasteiger partial charge in [0.2, 0.25) is 17.7 Å². The Bertz CT molecular complexity index is 1710. The molecule has 10 nitrogen and oxygen atoms in total. The minimum Gasteiger partial charge on any atom is -0.351 e. The Balaban J connectivity index is 1.66. The van der Waals surface area contributed by atoms with Gasteiger partial charge >= 0.3 is 0 Å². The second kappa shape index (κ2) is 12.6. The van der Waals surface area contributed by atoms with Crippen LogP contribution in [0.1, 0.15) is 36.9 Å². The highest BCUT2D eigenvalue weighted by atomic mass is 35.5. The fraction of sp³-hybridized carbons (Fsp3) is 0.290. The summed E-state index contributed by atoms with van der Waals surface area (Å²) < 4.78 is 42.1. The number of hydrogen-bond acceptors (Lipinski definition) is 6. The number of anilines is 2. The zero-order valence-corrected chi connectivity index (χ0v) is 24.5. The number of amides is 4. The summed E-state index contributed by atoms with van der Waals surface area (Å²) in [5.41, 5.74) is 0.132. The molecule has 2 aromatic carbocycles. The maximum absolute atomic E-state index is 14.8. The van der Waals surface area contributed by atoms with Crippen molar-refractivity contribution in [3.8, 4) is 6.07 Å². The molecule has 2 aliphatic rings. The number of hydrogen-bond donors (Lipinski definition) is 1. The van der Waals surface area contributed by atoms with Crippen LogP contribution in [0.4, 0.5) is 24.7 Å². The third kappa shape index (κ3) is 6.61. The Kier molecular flexibility index (Phi) is 8.79. The number of benzene rings is 2. The predicted octanol–water partition coefficient (Wildman–Crippen LogP) is 4.00. The van der Waals surface area contributed by atoms with E-state index in [0.29, 0.717) is 0 Å². The monoisotopic (exact) mass is 638 g/mol. The Morgan fingerprint density at radius 2 is 1.87 bits per heavy atom. The molecule has 1 aliphatic heterocycles. The molecule has 2 atom stereocenters. The average Bonchev–Trinajstić information content (AvgIpc) is 2.98. The summed E-state index contributed by atoms with van der Waals surface area (Å²) in [7, 11) is 0. The molecule has 1 aliphatic carbocycles. The van der Waals surface area contributed by atoms with Crippen LogP contribution in [0.3, 0.4) is 0 Å². The van der Waals surface area contributed by atoms with E-state index >= 15 is 0 Å². The van der Waals surface area contributed by atoms with E-state index in [0.717, 1.165) is 26.8 Å². The van der Waals surface area contributed by atoms with E-state index in [9.17, 15) is 37.6 Å². The largest absolute Gasteiger partial charge is 0.351 e. The predicted molar refractivity (Wildman–Crippen MR) is 157 cm³/mol. The van der Waals surface area contributed by atoms with Gasteiger partial charge in [0.25, 0.3) is 11.8 Å². The van der Waals surface area contributed by atoms with Crippen molar-refractivity contribution in [2.75, 3.05) is 22.9 Å². The van der Waals surface area contributed by atoms with Gasteiger partial charge < -0.3 is 10.2 Å². The standard InChI is InChI=1S/C31H26ClF3N6O4/c1-18(42)39-16-25(41(27(43)17-39)26-11-19(15-36)9-10-37-26)30(45)40(22-6-4-5-20(33)12-22)28(23-7-2-3-8-24(23)32)29(44)38-21-13-31(34,35)14-21/h2-12,21,25,28H,13-14,16-17H2,1H3,(H,38,44). The number of rotatable bonds is 7. The summed E-state index contributed by atoms with van der Waals surface area (Å²) in [6, 6.07) is 11.5. The molecule has 45 heavy (non-hydrogen) atoms. The third-order valence-electron chi connectivity index (χ3n) is 7.62. The number of carbonyl (C=O) groups is 4. The molecule has 1 aromatic heterocycles. The number of alkyl halides is 2. The maximum Gasteiger partial charge on any atom is 0.253 e. The molecule has 4 amide bonds. The van der Waals surface area contributed by atoms with Gasteiger partial charge in [0, 0.05) is 48.3 Å². The lowest BCUT2D eigenvalue weighted by molar-refractivity contribution is -0.139. The maximum atomic E-state index is 14.8. The Labute approximate surface area is 261 Å². The number of nitrogens with zero attached hydrogens (tertiary/aromatic N) is 5. The summed E-state index contributed by atoms with van der Waals surface area (Å²) in [4.78, 5) is 62.0. The Morgan fingerprint density at radius 1 is 1.13 bits per heavy atom. The van der Waals surface area contributed by atoms with E-state index in [1.165, 1.54) is 49.5 Å². The first-order valence-electron chi connectivity index (χ1n) is 13.8. The molecule has 5 rings (SSSR count). The van der Waals surface area contributed by atoms with Crippen molar-refractivity contribution in [1.29, 1.82) is 5.26 Å². The van der Waals surface area contributed by atoms with Gasteiger partial charge in [-0.15, -0.1) is 0 Å². The number of nitrogens with one attached hydrogen (secondary N) is 1. The molecule has 2 heterocycles. The van der Waals surface area contributed by atoms with Crippen LogP contribution in [0.15, 0.2) is 66.9 Å². The van der Waals surface area contributed by atoms with E-state index in [1.54, 1.807) is 12.1 Å². The lowest BCUT2D eigenvalue weighted by Crippen LogP contribution is -2.64. The average molecular weight is 639 g/mol. The molecule has 1 saturated carbocycles. The zero-order chi connectivity index (χ0) is 32.5. The quantitative estimate of drug-likeness (QED) is 0.417. The lowest BCUT2D eigenvalue weighted by Gasteiger charge is -2.43. The lowest BCUT2D eigenvalue weighted by atomic mass is 9.87. The van der Waals surface area contributed by atoms with Crippen LogP contribution in [0.25, 0.3) is 0 Å². The van der Waals surface area contributed by atoms with Crippen LogP contribution in [-0.2, 0) is 19.2 Å². The topological polar surface area (TPSA) is 127 Å². The van der Waals surface area contributed by atoms with Gasteiger partial charge in [-0.25, -0.2) is 18.2 Å². The minimum absolute atomic E-state index is 0.0520. The number of pyridine rings is 1. The molecule has 232 valence electrons. The summed E-state index contributed by atoms with van der Waals surface area (Å²) >= 11 is 6.52. The van der Waals surface area contributed by atoms with Crippen LogP contribution in [0, 0.1) is 17.1 Å². The van der Waals surface area contributed by atoms with Gasteiger partial charge in [0.05, 0.1) is 18.2 Å². The molecule has 3 aromatic rings. The van der Waals surface area contributed by atoms with E-state index in [2.05, 4.69) is 10.3 Å². The molecule has 0 spiro atoms. The molecule has 0 radical (unpaired) electrons. The van der Waals surface area contributed by atoms with Crippen molar-refractivity contribution >= 4 is 46.7 Å². The van der Waals surface area contributed by atoms with Gasteiger partial charge in [-0.1, -0.05) is 35.9 Å². The van der Waals surface area contributed by atoms with Crippen molar-refractivity contribution in [2.24, 2.45) is 0 Å². The van der Waals surface area contributed by atoms with Gasteiger partial charge in [-0.2, -0.15) is 5.26 Å². The van der Waals surface area contributed by atoms with Crippen LogP contribution in [-0.4, -0.2) is 64.6 Å². The number of nitriles is 1. The van der Waals surface area contributed by atoms with Crippen LogP contribution < -0.4 is 15.1 Å². The molecular weight excluding hydrogens is 613 g/mol. The Hall–Kier alpha value is -4.96. The second-order valence-electron chi connectivity index (χ2n) is 10.8. The molecule has 1 saturated heterocycles. The van der Waals surface area contributed by atoms with Crippen molar-refractivity contribution < 1.29 is 32.3 Å². The first-order chi connectivity index (χ1) is 21.4. The molecule has 0 bridgehead atoms. The SMILES string of the molecule is CC(=O)N1CC(=O)N(c2cc(C#N)ccn2)C(C(=O)N(c2cccc(F)c2)C(C(=O)NC2CC(F)(F)C2)c2ccccc2Cl)C1. The van der Waals surface area contributed by atoms with E-state index < -0.39 is 72.9 Å². The summed E-state index contributed by atoms with van der Waals surface area (Å²) in [6.07, 6.45) is 0.0569. The molecule has 2 unspecified atom stereocenters. The normalized spacial score (nSPS) is 18.4. The van der Waals surface area contributed by atoms with Gasteiger partial charge in [-0.3, -0.25) is 29.0 Å². The smallest absolute Gasteiger partial charge is 0.253 e. The third-order valence-corrected chi connectivity index (χ3v) is 7.96. The highest BCUT2D eigenvalue weighted by molar-refractivity contribution is 6.31. The van der Waals surface area contributed by atoms with Crippen molar-refractivity contribution in [1.82, 2.24) is 15.2 Å². The number of halogens is 4. The second-order valence-corrected chi connectivity index (χ2v) is 11.2. The highest BCUT2D eigenvalue weighted by Crippen LogP contribution is 2.39. The first kappa shape index (κ1) is 31.5. The summed E-state index contributed by atoms with van der Waals surface area (Å²) in [6.45, 7) is 0.482. The van der Waals surface area contributed by atoms with E-state index in [-0.39, 0.29) is 34.2 Å². The molecule has 2 fully saturated rings. The summed E-state index contributed by atoms with van der Waals surface area (Å²) in [5, 5.41) is 12.1. The fourth-order valence-corrected chi connectivity index (χ4v) is 5.67. The number of carbonyl (C=O) groups excluding carboxylic acids is 4. The van der Waals surface area contributed by atoms with Gasteiger partial charge in [0.15, 0.2) is 0 Å².